The van der Waals surface area contributed by atoms with Gasteiger partial charge in [0, 0.05) is 31.8 Å². The van der Waals surface area contributed by atoms with Gasteiger partial charge in [0.1, 0.15) is 15.6 Å². The van der Waals surface area contributed by atoms with Gasteiger partial charge in [0.2, 0.25) is 0 Å². The molecule has 0 fully saturated rings. The second-order valence-corrected chi connectivity index (χ2v) is 7.59. The fraction of sp³-hybridized carbons (Fsp3) is 0.571. The van der Waals surface area contributed by atoms with Crippen LogP contribution in [0, 0.1) is 0 Å². The lowest BCUT2D eigenvalue weighted by molar-refractivity contribution is 0.264. The zero-order valence-electron chi connectivity index (χ0n) is 12.0. The fourth-order valence-corrected chi connectivity index (χ4v) is 3.07. The van der Waals surface area contributed by atoms with Crippen LogP contribution in [-0.2, 0) is 16.3 Å². The fourth-order valence-electron chi connectivity index (χ4n) is 2.45. The van der Waals surface area contributed by atoms with Crippen molar-refractivity contribution >= 4 is 9.84 Å². The summed E-state index contributed by atoms with van der Waals surface area (Å²) >= 11 is 0. The van der Waals surface area contributed by atoms with Crippen molar-refractivity contribution in [2.24, 2.45) is 5.73 Å². The summed E-state index contributed by atoms with van der Waals surface area (Å²) in [7, 11) is -1.05. The van der Waals surface area contributed by atoms with Crippen LogP contribution < -0.4 is 10.5 Å². The second-order valence-electron chi connectivity index (χ2n) is 5.33. The van der Waals surface area contributed by atoms with E-state index in [1.807, 2.05) is 24.1 Å². The number of hydrogen-bond donors (Lipinski definition) is 1. The molecular weight excluding hydrogens is 276 g/mol. The van der Waals surface area contributed by atoms with Crippen LogP contribution in [0.2, 0.25) is 0 Å². The Morgan fingerprint density at radius 2 is 2.20 bits per heavy atom. The van der Waals surface area contributed by atoms with Crippen molar-refractivity contribution < 1.29 is 13.2 Å². The maximum Gasteiger partial charge on any atom is 0.148 e. The predicted molar refractivity (Wildman–Crippen MR) is 79.8 cm³/mol. The van der Waals surface area contributed by atoms with Gasteiger partial charge >= 0.3 is 0 Å². The molecule has 1 heterocycles. The molecule has 0 spiro atoms. The number of ether oxygens (including phenoxy) is 1. The van der Waals surface area contributed by atoms with Crippen LogP contribution in [0.1, 0.15) is 17.2 Å². The van der Waals surface area contributed by atoms with Gasteiger partial charge in [-0.15, -0.1) is 0 Å². The first-order valence-corrected chi connectivity index (χ1v) is 8.80. The van der Waals surface area contributed by atoms with Crippen molar-refractivity contribution in [3.8, 4) is 5.75 Å². The highest BCUT2D eigenvalue weighted by atomic mass is 32.2. The Bertz CT molecular complexity index is 572. The minimum atomic E-state index is -2.96. The lowest BCUT2D eigenvalue weighted by atomic mass is 10.0. The summed E-state index contributed by atoms with van der Waals surface area (Å²) in [6.07, 6.45) is 2.18. The number of fused-ring (bicyclic) bond motifs is 1. The molecule has 2 rings (SSSR count). The average molecular weight is 298 g/mol. The summed E-state index contributed by atoms with van der Waals surface area (Å²) in [6.45, 7) is 1.67. The number of rotatable bonds is 6. The minimum absolute atomic E-state index is 0.0302. The summed E-state index contributed by atoms with van der Waals surface area (Å²) in [6, 6.07) is 6.14. The van der Waals surface area contributed by atoms with E-state index in [2.05, 4.69) is 6.07 Å². The first kappa shape index (κ1) is 15.3. The number of benzene rings is 1. The third kappa shape index (κ3) is 3.71. The molecule has 0 aliphatic carbocycles. The largest absolute Gasteiger partial charge is 0.493 e. The smallest absolute Gasteiger partial charge is 0.148 e. The van der Waals surface area contributed by atoms with Crippen molar-refractivity contribution in [3.05, 3.63) is 29.3 Å². The van der Waals surface area contributed by atoms with Crippen LogP contribution in [0.15, 0.2) is 18.2 Å². The highest BCUT2D eigenvalue weighted by molar-refractivity contribution is 7.90. The first-order chi connectivity index (χ1) is 9.40. The van der Waals surface area contributed by atoms with Gasteiger partial charge < -0.3 is 10.5 Å². The molecule has 20 heavy (non-hydrogen) atoms. The number of sulfone groups is 1. The van der Waals surface area contributed by atoms with Crippen LogP contribution in [0.25, 0.3) is 0 Å². The minimum Gasteiger partial charge on any atom is -0.493 e. The number of likely N-dealkylation sites (N-methyl/N-ethyl adjacent to an activating group) is 1. The molecule has 112 valence electrons. The molecular formula is C14H22N2O3S. The molecule has 0 amide bonds. The molecule has 1 atom stereocenters. The van der Waals surface area contributed by atoms with E-state index in [4.69, 9.17) is 10.5 Å². The molecule has 6 heteroatoms. The Balaban J connectivity index is 2.11. The zero-order chi connectivity index (χ0) is 14.8. The third-order valence-corrected chi connectivity index (χ3v) is 4.59. The van der Waals surface area contributed by atoms with Gasteiger partial charge in [-0.2, -0.15) is 0 Å². The Morgan fingerprint density at radius 1 is 1.45 bits per heavy atom. The Labute approximate surface area is 120 Å². The topological polar surface area (TPSA) is 72.6 Å². The molecule has 0 bridgehead atoms. The van der Waals surface area contributed by atoms with Crippen molar-refractivity contribution in [3.63, 3.8) is 0 Å². The van der Waals surface area contributed by atoms with Crippen molar-refractivity contribution in [1.82, 2.24) is 4.90 Å². The van der Waals surface area contributed by atoms with Gasteiger partial charge in [-0.3, -0.25) is 4.90 Å². The Kier molecular flexibility index (Phi) is 4.67. The molecule has 0 saturated heterocycles. The maximum atomic E-state index is 11.3. The third-order valence-electron chi connectivity index (χ3n) is 3.67. The van der Waals surface area contributed by atoms with Crippen LogP contribution in [0.5, 0.6) is 5.75 Å². The zero-order valence-corrected chi connectivity index (χ0v) is 12.8. The van der Waals surface area contributed by atoms with Crippen molar-refractivity contribution in [2.75, 3.05) is 38.8 Å². The van der Waals surface area contributed by atoms with Crippen LogP contribution >= 0.6 is 0 Å². The van der Waals surface area contributed by atoms with E-state index in [1.165, 1.54) is 11.8 Å². The second kappa shape index (κ2) is 6.11. The van der Waals surface area contributed by atoms with Crippen LogP contribution in [0.3, 0.4) is 0 Å². The molecule has 0 aromatic heterocycles. The van der Waals surface area contributed by atoms with E-state index >= 15 is 0 Å². The molecule has 5 nitrogen and oxygen atoms in total. The van der Waals surface area contributed by atoms with E-state index < -0.39 is 9.84 Å². The van der Waals surface area contributed by atoms with E-state index in [9.17, 15) is 8.42 Å². The van der Waals surface area contributed by atoms with Crippen molar-refractivity contribution in [1.29, 1.82) is 0 Å². The highest BCUT2D eigenvalue weighted by Crippen LogP contribution is 2.29. The van der Waals surface area contributed by atoms with Gasteiger partial charge in [-0.25, -0.2) is 8.42 Å². The summed E-state index contributed by atoms with van der Waals surface area (Å²) in [5.41, 5.74) is 8.19. The first-order valence-electron chi connectivity index (χ1n) is 6.74. The Morgan fingerprint density at radius 3 is 2.85 bits per heavy atom. The molecule has 1 aliphatic heterocycles. The lowest BCUT2D eigenvalue weighted by Gasteiger charge is -2.27. The van der Waals surface area contributed by atoms with E-state index in [0.717, 1.165) is 24.3 Å². The molecule has 1 aromatic carbocycles. The standard InChI is InChI=1S/C14H22N2O3S/c1-16(6-8-20(2,17)18)13(10-15)11-3-4-14-12(9-11)5-7-19-14/h3-4,9,13H,5-8,10,15H2,1-2H3. The van der Waals surface area contributed by atoms with Gasteiger partial charge in [0.15, 0.2) is 0 Å². The number of nitrogens with two attached hydrogens (primary N) is 1. The Hall–Kier alpha value is -1.11. The molecule has 1 aliphatic rings. The average Bonchev–Trinajstić information content (AvgIpc) is 2.84. The van der Waals surface area contributed by atoms with Gasteiger partial charge in [0.05, 0.1) is 12.4 Å². The molecule has 0 radical (unpaired) electrons. The van der Waals surface area contributed by atoms with Crippen LogP contribution in [-0.4, -0.2) is 52.1 Å². The monoisotopic (exact) mass is 298 g/mol. The summed E-state index contributed by atoms with van der Waals surface area (Å²) in [5, 5.41) is 0. The number of nitrogens with zero attached hydrogens (tertiary/aromatic N) is 1. The molecule has 0 saturated carbocycles. The quantitative estimate of drug-likeness (QED) is 0.832. The summed E-state index contributed by atoms with van der Waals surface area (Å²) < 4.78 is 28.0. The highest BCUT2D eigenvalue weighted by Gasteiger charge is 2.20. The van der Waals surface area contributed by atoms with Crippen molar-refractivity contribution in [2.45, 2.75) is 12.5 Å². The predicted octanol–water partition coefficient (Wildman–Crippen LogP) is 0.598. The van der Waals surface area contributed by atoms with Crippen LogP contribution in [0.4, 0.5) is 0 Å². The summed E-state index contributed by atoms with van der Waals surface area (Å²) in [5.74, 6) is 1.09. The lowest BCUT2D eigenvalue weighted by Crippen LogP contribution is -2.34. The molecule has 2 N–H and O–H groups in total. The van der Waals surface area contributed by atoms with Gasteiger partial charge in [-0.1, -0.05) is 12.1 Å². The maximum absolute atomic E-state index is 11.3. The SMILES string of the molecule is CN(CCS(C)(=O)=O)C(CN)c1ccc2c(c1)CCO2. The number of hydrogen-bond acceptors (Lipinski definition) is 5. The van der Waals surface area contributed by atoms with E-state index in [-0.39, 0.29) is 11.8 Å². The van der Waals surface area contributed by atoms with Gasteiger partial charge in [0.25, 0.3) is 0 Å². The normalized spacial score (nSPS) is 16.0. The van der Waals surface area contributed by atoms with E-state index in [0.29, 0.717) is 13.1 Å². The van der Waals surface area contributed by atoms with Gasteiger partial charge in [-0.05, 0) is 24.2 Å². The molecule has 1 aromatic rings. The summed E-state index contributed by atoms with van der Waals surface area (Å²) in [4.78, 5) is 2.00. The molecule has 1 unspecified atom stereocenters. The van der Waals surface area contributed by atoms with E-state index in [1.54, 1.807) is 0 Å².